The van der Waals surface area contributed by atoms with Crippen molar-refractivity contribution in [1.29, 1.82) is 0 Å². The number of allylic oxidation sites excluding steroid dienone is 3. The van der Waals surface area contributed by atoms with Crippen LogP contribution in [0.3, 0.4) is 0 Å². The van der Waals surface area contributed by atoms with E-state index in [1.807, 2.05) is 13.1 Å². The zero-order valence-corrected chi connectivity index (χ0v) is 9.70. The van der Waals surface area contributed by atoms with E-state index in [1.165, 1.54) is 11.3 Å². The van der Waals surface area contributed by atoms with Gasteiger partial charge in [-0.1, -0.05) is 55.5 Å². The zero-order chi connectivity index (χ0) is 11.1. The third kappa shape index (κ3) is 4.50. The van der Waals surface area contributed by atoms with Gasteiger partial charge in [-0.25, -0.2) is 0 Å². The van der Waals surface area contributed by atoms with E-state index in [0.717, 1.165) is 0 Å². The summed E-state index contributed by atoms with van der Waals surface area (Å²) >= 11 is 0. The first-order valence-corrected chi connectivity index (χ1v) is 5.32. The van der Waals surface area contributed by atoms with Crippen molar-refractivity contribution < 1.29 is 0 Å². The van der Waals surface area contributed by atoms with Crippen LogP contribution in [0.15, 0.2) is 48.2 Å². The van der Waals surface area contributed by atoms with Crippen LogP contribution >= 0.6 is 0 Å². The van der Waals surface area contributed by atoms with Gasteiger partial charge in [-0.2, -0.15) is 0 Å². The van der Waals surface area contributed by atoms with Gasteiger partial charge in [0, 0.05) is 12.7 Å². The van der Waals surface area contributed by atoms with Crippen LogP contribution in [0.5, 0.6) is 0 Å². The Kier molecular flexibility index (Phi) is 4.69. The molecule has 1 aromatic rings. The van der Waals surface area contributed by atoms with E-state index < -0.39 is 0 Å². The molecule has 1 nitrogen and oxygen atoms in total. The van der Waals surface area contributed by atoms with Gasteiger partial charge in [-0.15, -0.1) is 0 Å². The first-order chi connectivity index (χ1) is 7.22. The number of hydrogen-bond acceptors (Lipinski definition) is 1. The molecular weight excluding hydrogens is 182 g/mol. The Morgan fingerprint density at radius 2 is 1.93 bits per heavy atom. The van der Waals surface area contributed by atoms with Crippen LogP contribution in [-0.2, 0) is 0 Å². The van der Waals surface area contributed by atoms with Crippen LogP contribution in [0.2, 0.25) is 0 Å². The smallest absolute Gasteiger partial charge is 0.00378 e. The average molecular weight is 201 g/mol. The molecule has 15 heavy (non-hydrogen) atoms. The second-order valence-corrected chi connectivity index (χ2v) is 3.73. The van der Waals surface area contributed by atoms with Crippen LogP contribution in [0.1, 0.15) is 19.4 Å². The molecule has 0 aromatic heterocycles. The van der Waals surface area contributed by atoms with Gasteiger partial charge in [0.25, 0.3) is 0 Å². The van der Waals surface area contributed by atoms with Crippen molar-refractivity contribution in [3.8, 4) is 0 Å². The number of hydrogen-bond donors (Lipinski definition) is 1. The number of rotatable bonds is 4. The van der Waals surface area contributed by atoms with Crippen LogP contribution in [0.4, 0.5) is 0 Å². The highest BCUT2D eigenvalue weighted by molar-refractivity contribution is 5.49. The first kappa shape index (κ1) is 11.6. The third-order valence-corrected chi connectivity index (χ3v) is 2.30. The van der Waals surface area contributed by atoms with Crippen molar-refractivity contribution >= 4 is 6.08 Å². The molecule has 0 fully saturated rings. The normalized spacial score (nSPS) is 14.2. The van der Waals surface area contributed by atoms with Crippen molar-refractivity contribution in [2.24, 2.45) is 5.92 Å². The third-order valence-electron chi connectivity index (χ3n) is 2.30. The molecular formula is C14H19N. The van der Waals surface area contributed by atoms with Crippen LogP contribution < -0.4 is 5.32 Å². The summed E-state index contributed by atoms with van der Waals surface area (Å²) < 4.78 is 0. The molecule has 1 atom stereocenters. The summed E-state index contributed by atoms with van der Waals surface area (Å²) in [4.78, 5) is 0. The van der Waals surface area contributed by atoms with Crippen LogP contribution in [0, 0.1) is 5.92 Å². The van der Waals surface area contributed by atoms with Gasteiger partial charge in [0.1, 0.15) is 0 Å². The quantitative estimate of drug-likeness (QED) is 0.786. The topological polar surface area (TPSA) is 12.0 Å². The van der Waals surface area contributed by atoms with E-state index in [-0.39, 0.29) is 0 Å². The fourth-order valence-electron chi connectivity index (χ4n) is 1.36. The van der Waals surface area contributed by atoms with E-state index in [0.29, 0.717) is 5.92 Å². The summed E-state index contributed by atoms with van der Waals surface area (Å²) in [5.74, 6) is 0.456. The lowest BCUT2D eigenvalue weighted by Gasteiger charge is -2.02. The Morgan fingerprint density at radius 1 is 1.27 bits per heavy atom. The SMILES string of the molecule is CN/C(C)=C/C(C)/C=C\c1ccccc1. The Bertz CT molecular complexity index is 336. The lowest BCUT2D eigenvalue weighted by molar-refractivity contribution is 0.884. The monoisotopic (exact) mass is 201 g/mol. The van der Waals surface area contributed by atoms with Gasteiger partial charge in [0.15, 0.2) is 0 Å². The molecule has 0 aliphatic heterocycles. The second-order valence-electron chi connectivity index (χ2n) is 3.73. The highest BCUT2D eigenvalue weighted by atomic mass is 14.8. The molecule has 1 heteroatoms. The maximum absolute atomic E-state index is 3.12. The van der Waals surface area contributed by atoms with E-state index in [9.17, 15) is 0 Å². The summed E-state index contributed by atoms with van der Waals surface area (Å²) in [5, 5.41) is 3.12. The average Bonchev–Trinajstić information content (AvgIpc) is 2.27. The molecule has 1 N–H and O–H groups in total. The predicted molar refractivity (Wildman–Crippen MR) is 67.5 cm³/mol. The minimum atomic E-state index is 0.456. The highest BCUT2D eigenvalue weighted by Crippen LogP contribution is 2.07. The second kappa shape index (κ2) is 6.07. The minimum Gasteiger partial charge on any atom is -0.392 e. The fraction of sp³-hybridized carbons (Fsp3) is 0.286. The van der Waals surface area contributed by atoms with Gasteiger partial charge in [0.2, 0.25) is 0 Å². The molecule has 0 saturated heterocycles. The largest absolute Gasteiger partial charge is 0.392 e. The first-order valence-electron chi connectivity index (χ1n) is 5.32. The van der Waals surface area contributed by atoms with Crippen molar-refractivity contribution in [2.75, 3.05) is 7.05 Å². The van der Waals surface area contributed by atoms with Crippen LogP contribution in [-0.4, -0.2) is 7.05 Å². The molecule has 0 amide bonds. The summed E-state index contributed by atoms with van der Waals surface area (Å²) in [6.45, 7) is 4.26. The molecule has 0 aliphatic rings. The Balaban J connectivity index is 2.59. The summed E-state index contributed by atoms with van der Waals surface area (Å²) in [6, 6.07) is 10.4. The van der Waals surface area contributed by atoms with Gasteiger partial charge in [0.05, 0.1) is 0 Å². The molecule has 80 valence electrons. The molecule has 0 radical (unpaired) electrons. The van der Waals surface area contributed by atoms with E-state index >= 15 is 0 Å². The van der Waals surface area contributed by atoms with E-state index in [1.54, 1.807) is 0 Å². The van der Waals surface area contributed by atoms with Gasteiger partial charge >= 0.3 is 0 Å². The molecule has 1 rings (SSSR count). The van der Waals surface area contributed by atoms with Gasteiger partial charge in [-0.3, -0.25) is 0 Å². The maximum Gasteiger partial charge on any atom is 0.00378 e. The molecule has 1 unspecified atom stereocenters. The number of nitrogens with one attached hydrogen (secondary N) is 1. The molecule has 1 aromatic carbocycles. The minimum absolute atomic E-state index is 0.456. The Hall–Kier alpha value is -1.50. The molecule has 0 bridgehead atoms. The van der Waals surface area contributed by atoms with Crippen molar-refractivity contribution in [2.45, 2.75) is 13.8 Å². The summed E-state index contributed by atoms with van der Waals surface area (Å²) in [7, 11) is 1.94. The Morgan fingerprint density at radius 3 is 2.53 bits per heavy atom. The molecule has 0 saturated carbocycles. The highest BCUT2D eigenvalue weighted by Gasteiger charge is 1.92. The fourth-order valence-corrected chi connectivity index (χ4v) is 1.36. The molecule has 0 aliphatic carbocycles. The van der Waals surface area contributed by atoms with Crippen molar-refractivity contribution in [1.82, 2.24) is 5.32 Å². The van der Waals surface area contributed by atoms with Crippen LogP contribution in [0.25, 0.3) is 6.08 Å². The standard InChI is InChI=1S/C14H19N/c1-12(11-13(2)15-3)9-10-14-7-5-4-6-8-14/h4-12,15H,1-3H3/b10-9-,13-11+. The van der Waals surface area contributed by atoms with Gasteiger partial charge < -0.3 is 5.32 Å². The number of benzene rings is 1. The zero-order valence-electron chi connectivity index (χ0n) is 9.70. The van der Waals surface area contributed by atoms with E-state index in [4.69, 9.17) is 0 Å². The lowest BCUT2D eigenvalue weighted by Crippen LogP contribution is -2.02. The van der Waals surface area contributed by atoms with E-state index in [2.05, 4.69) is 61.7 Å². The van der Waals surface area contributed by atoms with Crippen molar-refractivity contribution in [3.05, 3.63) is 53.7 Å². The summed E-state index contributed by atoms with van der Waals surface area (Å²) in [6.07, 6.45) is 6.57. The van der Waals surface area contributed by atoms with Crippen molar-refractivity contribution in [3.63, 3.8) is 0 Å². The summed E-state index contributed by atoms with van der Waals surface area (Å²) in [5.41, 5.74) is 2.46. The maximum atomic E-state index is 3.12. The molecule has 0 spiro atoms. The predicted octanol–water partition coefficient (Wildman–Crippen LogP) is 3.46. The molecule has 0 heterocycles. The Labute approximate surface area is 92.5 Å². The lowest BCUT2D eigenvalue weighted by atomic mass is 10.1. The van der Waals surface area contributed by atoms with Gasteiger partial charge in [-0.05, 0) is 18.4 Å².